The Morgan fingerprint density at radius 3 is 2.75 bits per heavy atom. The molecule has 0 unspecified atom stereocenters. The first-order chi connectivity index (χ1) is 9.54. The third kappa shape index (κ3) is 3.93. The van der Waals surface area contributed by atoms with E-state index >= 15 is 0 Å². The molecule has 0 saturated heterocycles. The van der Waals surface area contributed by atoms with Crippen molar-refractivity contribution in [3.8, 4) is 0 Å². The number of hydrogen-bond acceptors (Lipinski definition) is 3. The lowest BCUT2D eigenvalue weighted by atomic mass is 9.79. The van der Waals surface area contributed by atoms with Crippen LogP contribution >= 0.6 is 27.5 Å². The Bertz CT molecular complexity index is 489. The van der Waals surface area contributed by atoms with Crippen LogP contribution in [0, 0.1) is 0 Å². The molecule has 4 nitrogen and oxygen atoms in total. The average molecular weight is 361 g/mol. The summed E-state index contributed by atoms with van der Waals surface area (Å²) in [5, 5.41) is 6.62. The van der Waals surface area contributed by atoms with Crippen LogP contribution in [-0.2, 0) is 4.79 Å². The summed E-state index contributed by atoms with van der Waals surface area (Å²) in [5.74, 6) is 0.0114. The van der Waals surface area contributed by atoms with Crippen molar-refractivity contribution < 1.29 is 4.79 Å². The summed E-state index contributed by atoms with van der Waals surface area (Å²) in [6.45, 7) is 0. The number of nitrogens with zero attached hydrogens (tertiary/aromatic N) is 1. The number of carbonyl (C=O) groups excluding carboxylic acids is 1. The van der Waals surface area contributed by atoms with Gasteiger partial charge in [0.1, 0.15) is 5.15 Å². The number of anilines is 1. The fourth-order valence-corrected chi connectivity index (χ4v) is 3.20. The van der Waals surface area contributed by atoms with E-state index in [0.29, 0.717) is 21.7 Å². The molecule has 1 aromatic heterocycles. The lowest BCUT2D eigenvalue weighted by Gasteiger charge is -2.36. The summed E-state index contributed by atoms with van der Waals surface area (Å²) < 4.78 is 0.679. The first kappa shape index (κ1) is 15.7. The second-order valence-corrected chi connectivity index (χ2v) is 6.52. The Hall–Kier alpha value is -0.650. The molecule has 0 spiro atoms. The van der Waals surface area contributed by atoms with Gasteiger partial charge in [0.25, 0.3) is 0 Å². The monoisotopic (exact) mass is 359 g/mol. The predicted octanol–water partition coefficient (Wildman–Crippen LogP) is 3.75. The zero-order valence-corrected chi connectivity index (χ0v) is 13.9. The molecular weight excluding hydrogens is 342 g/mol. The Morgan fingerprint density at radius 2 is 2.15 bits per heavy atom. The molecule has 2 N–H and O–H groups in total. The van der Waals surface area contributed by atoms with Crippen LogP contribution in [0.25, 0.3) is 0 Å². The highest BCUT2D eigenvalue weighted by atomic mass is 79.9. The van der Waals surface area contributed by atoms with Gasteiger partial charge in [0.05, 0.1) is 16.4 Å². The average Bonchev–Trinajstić information content (AvgIpc) is 2.44. The van der Waals surface area contributed by atoms with Gasteiger partial charge in [-0.2, -0.15) is 0 Å². The highest BCUT2D eigenvalue weighted by molar-refractivity contribution is 9.10. The lowest BCUT2D eigenvalue weighted by molar-refractivity contribution is -0.117. The standard InChI is InChI=1S/C14H19BrClN3O/c1-17-14(5-3-2-4-6-14)8-12(20)19-10-7-11(15)13(16)18-9-10/h7,9,17H,2-6,8H2,1H3,(H,19,20). The first-order valence-corrected chi connectivity index (χ1v) is 8.02. The fourth-order valence-electron chi connectivity index (χ4n) is 2.75. The van der Waals surface area contributed by atoms with Crippen molar-refractivity contribution in [2.75, 3.05) is 12.4 Å². The van der Waals surface area contributed by atoms with Crippen LogP contribution in [0.1, 0.15) is 38.5 Å². The van der Waals surface area contributed by atoms with Gasteiger partial charge in [0, 0.05) is 12.0 Å². The Labute approximate surface area is 132 Å². The highest BCUT2D eigenvalue weighted by Crippen LogP contribution is 2.31. The molecule has 1 aliphatic rings. The fraction of sp³-hybridized carbons (Fsp3) is 0.571. The summed E-state index contributed by atoms with van der Waals surface area (Å²) in [6.07, 6.45) is 7.80. The van der Waals surface area contributed by atoms with Gasteiger partial charge >= 0.3 is 0 Å². The van der Waals surface area contributed by atoms with E-state index < -0.39 is 0 Å². The molecule has 0 aromatic carbocycles. The van der Waals surface area contributed by atoms with Crippen LogP contribution in [0.5, 0.6) is 0 Å². The van der Waals surface area contributed by atoms with Gasteiger partial charge in [0.15, 0.2) is 0 Å². The van der Waals surface area contributed by atoms with Gasteiger partial charge in [0.2, 0.25) is 5.91 Å². The number of pyridine rings is 1. The SMILES string of the molecule is CNC1(CC(=O)Nc2cnc(Cl)c(Br)c2)CCCCC1. The minimum atomic E-state index is -0.0561. The number of halogens is 2. The topological polar surface area (TPSA) is 54.0 Å². The second kappa shape index (κ2) is 6.87. The van der Waals surface area contributed by atoms with E-state index in [1.807, 2.05) is 7.05 Å². The van der Waals surface area contributed by atoms with Crippen molar-refractivity contribution in [1.82, 2.24) is 10.3 Å². The second-order valence-electron chi connectivity index (χ2n) is 5.31. The minimum Gasteiger partial charge on any atom is -0.325 e. The van der Waals surface area contributed by atoms with E-state index in [9.17, 15) is 4.79 Å². The molecule has 1 aromatic rings. The predicted molar refractivity (Wildman–Crippen MR) is 85.1 cm³/mol. The van der Waals surface area contributed by atoms with Crippen LogP contribution in [-0.4, -0.2) is 23.5 Å². The van der Waals surface area contributed by atoms with Crippen molar-refractivity contribution in [3.05, 3.63) is 21.9 Å². The van der Waals surface area contributed by atoms with Gasteiger partial charge in [-0.25, -0.2) is 4.98 Å². The molecule has 1 heterocycles. The summed E-state index contributed by atoms with van der Waals surface area (Å²) in [6, 6.07) is 1.76. The zero-order valence-electron chi connectivity index (χ0n) is 11.5. The molecule has 20 heavy (non-hydrogen) atoms. The molecule has 1 fully saturated rings. The lowest BCUT2D eigenvalue weighted by Crippen LogP contribution is -2.47. The van der Waals surface area contributed by atoms with Gasteiger partial charge in [-0.15, -0.1) is 0 Å². The van der Waals surface area contributed by atoms with E-state index in [1.54, 1.807) is 12.3 Å². The van der Waals surface area contributed by atoms with Crippen molar-refractivity contribution in [1.29, 1.82) is 0 Å². The molecule has 110 valence electrons. The van der Waals surface area contributed by atoms with Crippen LogP contribution in [0.4, 0.5) is 5.69 Å². The van der Waals surface area contributed by atoms with E-state index in [-0.39, 0.29) is 11.4 Å². The van der Waals surface area contributed by atoms with Crippen LogP contribution < -0.4 is 10.6 Å². The van der Waals surface area contributed by atoms with Crippen molar-refractivity contribution in [2.24, 2.45) is 0 Å². The summed E-state index contributed by atoms with van der Waals surface area (Å²) >= 11 is 9.14. The molecule has 6 heteroatoms. The third-order valence-corrected chi connectivity index (χ3v) is 5.05. The van der Waals surface area contributed by atoms with Crippen molar-refractivity contribution in [2.45, 2.75) is 44.1 Å². The van der Waals surface area contributed by atoms with Gasteiger partial charge < -0.3 is 10.6 Å². The van der Waals surface area contributed by atoms with E-state index in [1.165, 1.54) is 19.3 Å². The third-order valence-electron chi connectivity index (χ3n) is 3.92. The number of nitrogens with one attached hydrogen (secondary N) is 2. The minimum absolute atomic E-state index is 0.0114. The summed E-state index contributed by atoms with van der Waals surface area (Å²) in [4.78, 5) is 16.2. The van der Waals surface area contributed by atoms with E-state index in [4.69, 9.17) is 11.6 Å². The van der Waals surface area contributed by atoms with E-state index in [2.05, 4.69) is 31.5 Å². The van der Waals surface area contributed by atoms with Crippen LogP contribution in [0.3, 0.4) is 0 Å². The van der Waals surface area contributed by atoms with Gasteiger partial charge in [-0.3, -0.25) is 4.79 Å². The molecule has 1 aliphatic carbocycles. The summed E-state index contributed by atoms with van der Waals surface area (Å²) in [7, 11) is 1.94. The maximum Gasteiger partial charge on any atom is 0.226 e. The number of hydrogen-bond donors (Lipinski definition) is 2. The smallest absolute Gasteiger partial charge is 0.226 e. The number of carbonyl (C=O) groups is 1. The molecule has 0 atom stereocenters. The molecule has 2 rings (SSSR count). The van der Waals surface area contributed by atoms with Crippen molar-refractivity contribution in [3.63, 3.8) is 0 Å². The van der Waals surface area contributed by atoms with E-state index in [0.717, 1.165) is 12.8 Å². The largest absolute Gasteiger partial charge is 0.325 e. The van der Waals surface area contributed by atoms with Gasteiger partial charge in [-0.05, 0) is 41.9 Å². The number of amides is 1. The van der Waals surface area contributed by atoms with Crippen LogP contribution in [0.2, 0.25) is 5.15 Å². The molecule has 0 radical (unpaired) electrons. The zero-order chi connectivity index (χ0) is 14.6. The Morgan fingerprint density at radius 1 is 1.45 bits per heavy atom. The Kier molecular flexibility index (Phi) is 5.41. The molecular formula is C14H19BrClN3O. The molecule has 1 amide bonds. The quantitative estimate of drug-likeness (QED) is 0.804. The van der Waals surface area contributed by atoms with Crippen LogP contribution in [0.15, 0.2) is 16.7 Å². The maximum atomic E-state index is 12.2. The highest BCUT2D eigenvalue weighted by Gasteiger charge is 2.32. The summed E-state index contributed by atoms with van der Waals surface area (Å²) in [5.41, 5.74) is 0.604. The first-order valence-electron chi connectivity index (χ1n) is 6.84. The molecule has 0 bridgehead atoms. The Balaban J connectivity index is 1.98. The van der Waals surface area contributed by atoms with Gasteiger partial charge in [-0.1, -0.05) is 30.9 Å². The molecule has 0 aliphatic heterocycles. The molecule has 1 saturated carbocycles. The normalized spacial score (nSPS) is 17.8. The van der Waals surface area contributed by atoms with Crippen molar-refractivity contribution >= 4 is 39.1 Å². The maximum absolute atomic E-state index is 12.2. The number of rotatable bonds is 4. The number of aromatic nitrogens is 1.